The number of nitriles is 1. The van der Waals surface area contributed by atoms with Crippen LogP contribution in [0.2, 0.25) is 0 Å². The van der Waals surface area contributed by atoms with Gasteiger partial charge in [-0.25, -0.2) is 0 Å². The molecule has 1 rings (SSSR count). The summed E-state index contributed by atoms with van der Waals surface area (Å²) in [5, 5.41) is 8.63. The Morgan fingerprint density at radius 2 is 2.18 bits per heavy atom. The molecule has 0 fully saturated rings. The Labute approximate surface area is 85.0 Å². The van der Waals surface area contributed by atoms with E-state index in [-0.39, 0.29) is 0 Å². The van der Waals surface area contributed by atoms with Crippen LogP contribution in [0.15, 0.2) is 17.0 Å². The first-order chi connectivity index (χ1) is 5.16. The lowest BCUT2D eigenvalue weighted by Crippen LogP contribution is -1.86. The van der Waals surface area contributed by atoms with Crippen molar-refractivity contribution in [3.8, 4) is 6.07 Å². The number of hydrogen-bond acceptors (Lipinski definition) is 2. The maximum Gasteiger partial charge on any atom is 0.100 e. The van der Waals surface area contributed by atoms with E-state index in [2.05, 4.69) is 41.3 Å². The van der Waals surface area contributed by atoms with Crippen LogP contribution in [-0.4, -0.2) is 0 Å². The van der Waals surface area contributed by atoms with Gasteiger partial charge >= 0.3 is 0 Å². The second-order valence-corrected chi connectivity index (χ2v) is 3.79. The first kappa shape index (κ1) is 8.88. The molecule has 11 heavy (non-hydrogen) atoms. The van der Waals surface area contributed by atoms with E-state index < -0.39 is 0 Å². The molecule has 0 radical (unpaired) electrons. The molecule has 56 valence electrons. The second-order valence-electron chi connectivity index (χ2n) is 2.18. The normalized spacial score (nSPS) is 9.27. The lowest BCUT2D eigenvalue weighted by Gasteiger charge is -2.02. The monoisotopic (exact) mass is 275 g/mol. The van der Waals surface area contributed by atoms with Crippen molar-refractivity contribution in [2.45, 2.75) is 11.8 Å². The Bertz CT molecular complexity index is 328. The molecule has 0 spiro atoms. The maximum atomic E-state index is 8.63. The highest BCUT2D eigenvalue weighted by molar-refractivity contribution is 14.1. The van der Waals surface area contributed by atoms with Crippen LogP contribution >= 0.6 is 35.2 Å². The van der Waals surface area contributed by atoms with E-state index in [9.17, 15) is 0 Å². The SMILES string of the molecule is Cc1c(I)ccc(C#N)c1S. The molecule has 0 aliphatic rings. The van der Waals surface area contributed by atoms with Crippen molar-refractivity contribution in [1.82, 2.24) is 0 Å². The van der Waals surface area contributed by atoms with Crippen molar-refractivity contribution in [2.24, 2.45) is 0 Å². The predicted molar refractivity (Wildman–Crippen MR) is 55.9 cm³/mol. The third-order valence-corrected chi connectivity index (χ3v) is 3.23. The fraction of sp³-hybridized carbons (Fsp3) is 0.125. The number of halogens is 1. The molecule has 0 bridgehead atoms. The van der Waals surface area contributed by atoms with Gasteiger partial charge in [0.05, 0.1) is 5.56 Å². The van der Waals surface area contributed by atoms with Crippen LogP contribution < -0.4 is 0 Å². The van der Waals surface area contributed by atoms with E-state index in [4.69, 9.17) is 5.26 Å². The summed E-state index contributed by atoms with van der Waals surface area (Å²) in [7, 11) is 0. The molecule has 0 heterocycles. The van der Waals surface area contributed by atoms with Crippen LogP contribution in [0.5, 0.6) is 0 Å². The summed E-state index contributed by atoms with van der Waals surface area (Å²) < 4.78 is 1.14. The van der Waals surface area contributed by atoms with Crippen LogP contribution in [0, 0.1) is 21.8 Å². The van der Waals surface area contributed by atoms with Crippen molar-refractivity contribution in [3.63, 3.8) is 0 Å². The highest BCUT2D eigenvalue weighted by Crippen LogP contribution is 2.22. The quantitative estimate of drug-likeness (QED) is 0.571. The van der Waals surface area contributed by atoms with E-state index in [1.807, 2.05) is 13.0 Å². The highest BCUT2D eigenvalue weighted by Gasteiger charge is 2.03. The van der Waals surface area contributed by atoms with Crippen molar-refractivity contribution in [1.29, 1.82) is 5.26 Å². The molecule has 1 aromatic rings. The lowest BCUT2D eigenvalue weighted by molar-refractivity contribution is 1.25. The van der Waals surface area contributed by atoms with E-state index in [0.717, 1.165) is 14.0 Å². The van der Waals surface area contributed by atoms with E-state index in [1.54, 1.807) is 6.07 Å². The maximum absolute atomic E-state index is 8.63. The van der Waals surface area contributed by atoms with Gasteiger partial charge in [-0.2, -0.15) is 5.26 Å². The van der Waals surface area contributed by atoms with Crippen LogP contribution in [0.4, 0.5) is 0 Å². The van der Waals surface area contributed by atoms with E-state index in [1.165, 1.54) is 0 Å². The van der Waals surface area contributed by atoms with Crippen molar-refractivity contribution in [2.75, 3.05) is 0 Å². The van der Waals surface area contributed by atoms with Crippen molar-refractivity contribution >= 4 is 35.2 Å². The van der Waals surface area contributed by atoms with Gasteiger partial charge < -0.3 is 0 Å². The molecule has 0 aromatic heterocycles. The zero-order valence-electron chi connectivity index (χ0n) is 5.93. The minimum absolute atomic E-state index is 0.645. The van der Waals surface area contributed by atoms with Crippen LogP contribution in [0.25, 0.3) is 0 Å². The minimum atomic E-state index is 0.645. The average Bonchev–Trinajstić information content (AvgIpc) is 2.01. The molecular formula is C8H6INS. The molecule has 0 saturated heterocycles. The number of thiol groups is 1. The molecule has 1 nitrogen and oxygen atoms in total. The van der Waals surface area contributed by atoms with Gasteiger partial charge in [0.1, 0.15) is 6.07 Å². The number of nitrogens with zero attached hydrogens (tertiary/aromatic N) is 1. The second kappa shape index (κ2) is 3.46. The fourth-order valence-corrected chi connectivity index (χ4v) is 1.67. The summed E-state index contributed by atoms with van der Waals surface area (Å²) in [6, 6.07) is 5.80. The van der Waals surface area contributed by atoms with Gasteiger partial charge in [-0.05, 0) is 47.2 Å². The summed E-state index contributed by atoms with van der Waals surface area (Å²) in [5.41, 5.74) is 1.72. The van der Waals surface area contributed by atoms with Crippen molar-refractivity contribution < 1.29 is 0 Å². The van der Waals surface area contributed by atoms with Gasteiger partial charge in [0.2, 0.25) is 0 Å². The largest absolute Gasteiger partial charge is 0.192 e. The molecule has 1 aromatic carbocycles. The topological polar surface area (TPSA) is 23.8 Å². The standard InChI is InChI=1S/C8H6INS/c1-5-7(9)3-2-6(4-10)8(5)11/h2-3,11H,1H3. The summed E-state index contributed by atoms with van der Waals surface area (Å²) >= 11 is 6.46. The van der Waals surface area contributed by atoms with Gasteiger partial charge in [0.15, 0.2) is 0 Å². The average molecular weight is 275 g/mol. The molecule has 0 atom stereocenters. The van der Waals surface area contributed by atoms with Gasteiger partial charge in [-0.3, -0.25) is 0 Å². The molecular weight excluding hydrogens is 269 g/mol. The summed E-state index contributed by atoms with van der Waals surface area (Å²) in [6.45, 7) is 1.96. The van der Waals surface area contributed by atoms with Gasteiger partial charge in [-0.1, -0.05) is 0 Å². The molecule has 0 unspecified atom stereocenters. The lowest BCUT2D eigenvalue weighted by atomic mass is 10.1. The summed E-state index contributed by atoms with van der Waals surface area (Å²) in [4.78, 5) is 0.791. The van der Waals surface area contributed by atoms with E-state index >= 15 is 0 Å². The number of hydrogen-bond donors (Lipinski definition) is 1. The summed E-state index contributed by atoms with van der Waals surface area (Å²) in [5.74, 6) is 0. The number of benzene rings is 1. The summed E-state index contributed by atoms with van der Waals surface area (Å²) in [6.07, 6.45) is 0. The number of rotatable bonds is 0. The Kier molecular flexibility index (Phi) is 2.79. The van der Waals surface area contributed by atoms with Gasteiger partial charge in [-0.15, -0.1) is 12.6 Å². The zero-order chi connectivity index (χ0) is 8.43. The molecule has 0 aliphatic carbocycles. The predicted octanol–water partition coefficient (Wildman–Crippen LogP) is 2.76. The molecule has 0 amide bonds. The minimum Gasteiger partial charge on any atom is -0.192 e. The molecule has 3 heteroatoms. The Balaban J connectivity index is 3.40. The first-order valence-electron chi connectivity index (χ1n) is 3.05. The van der Waals surface area contributed by atoms with Crippen LogP contribution in [0.1, 0.15) is 11.1 Å². The molecule has 0 saturated carbocycles. The Morgan fingerprint density at radius 3 is 2.73 bits per heavy atom. The van der Waals surface area contributed by atoms with Crippen LogP contribution in [0.3, 0.4) is 0 Å². The first-order valence-corrected chi connectivity index (χ1v) is 4.57. The van der Waals surface area contributed by atoms with Gasteiger partial charge in [0, 0.05) is 8.47 Å². The smallest absolute Gasteiger partial charge is 0.100 e. The molecule has 0 N–H and O–H groups in total. The Hall–Kier alpha value is -0.210. The Morgan fingerprint density at radius 1 is 1.55 bits per heavy atom. The van der Waals surface area contributed by atoms with Gasteiger partial charge in [0.25, 0.3) is 0 Å². The third-order valence-electron chi connectivity index (χ3n) is 1.49. The zero-order valence-corrected chi connectivity index (χ0v) is 8.98. The highest BCUT2D eigenvalue weighted by atomic mass is 127. The fourth-order valence-electron chi connectivity index (χ4n) is 0.766. The van der Waals surface area contributed by atoms with Crippen molar-refractivity contribution in [3.05, 3.63) is 26.8 Å². The van der Waals surface area contributed by atoms with E-state index in [0.29, 0.717) is 5.56 Å². The van der Waals surface area contributed by atoms with Crippen LogP contribution in [-0.2, 0) is 0 Å². The third kappa shape index (κ3) is 1.68. The molecule has 0 aliphatic heterocycles.